The average Bonchev–Trinajstić information content (AvgIpc) is 2.70. The fourth-order valence-electron chi connectivity index (χ4n) is 1.82. The van der Waals surface area contributed by atoms with E-state index in [0.717, 1.165) is 6.07 Å². The van der Waals surface area contributed by atoms with Gasteiger partial charge in [0.15, 0.2) is 0 Å². The molecule has 1 aromatic heterocycles. The average molecular weight is 269 g/mol. The summed E-state index contributed by atoms with van der Waals surface area (Å²) in [4.78, 5) is 0. The molecule has 0 fully saturated rings. The van der Waals surface area contributed by atoms with Gasteiger partial charge in [0.1, 0.15) is 5.69 Å². The maximum Gasteiger partial charge on any atom is 0.417 e. The second kappa shape index (κ2) is 4.60. The van der Waals surface area contributed by atoms with Gasteiger partial charge in [-0.3, -0.25) is 4.68 Å². The van der Waals surface area contributed by atoms with Crippen LogP contribution in [-0.4, -0.2) is 9.78 Å². The molecule has 0 bridgehead atoms. The van der Waals surface area contributed by atoms with Crippen molar-refractivity contribution >= 4 is 5.69 Å². The van der Waals surface area contributed by atoms with Crippen LogP contribution in [0.2, 0.25) is 0 Å². The molecule has 0 unspecified atom stereocenters. The Hall–Kier alpha value is -1.98. The summed E-state index contributed by atoms with van der Waals surface area (Å²) in [5, 5.41) is 4.15. The summed E-state index contributed by atoms with van der Waals surface area (Å²) < 4.78 is 40.4. The highest BCUT2D eigenvalue weighted by atomic mass is 19.4. The summed E-state index contributed by atoms with van der Waals surface area (Å²) in [7, 11) is 0. The highest BCUT2D eigenvalue weighted by Crippen LogP contribution is 2.38. The molecule has 0 amide bonds. The van der Waals surface area contributed by atoms with Gasteiger partial charge in [-0.25, -0.2) is 0 Å². The summed E-state index contributed by atoms with van der Waals surface area (Å²) in [6.07, 6.45) is -2.88. The monoisotopic (exact) mass is 269 g/mol. The van der Waals surface area contributed by atoms with Gasteiger partial charge >= 0.3 is 6.18 Å². The molecule has 19 heavy (non-hydrogen) atoms. The van der Waals surface area contributed by atoms with Crippen LogP contribution < -0.4 is 5.73 Å². The molecule has 0 aliphatic heterocycles. The minimum absolute atomic E-state index is 0.00639. The van der Waals surface area contributed by atoms with Gasteiger partial charge in [0, 0.05) is 17.8 Å². The molecule has 3 nitrogen and oxygen atoms in total. The van der Waals surface area contributed by atoms with Gasteiger partial charge in [-0.1, -0.05) is 18.2 Å². The molecule has 2 aromatic rings. The van der Waals surface area contributed by atoms with Crippen LogP contribution in [0.4, 0.5) is 18.9 Å². The predicted octanol–water partition coefficient (Wildman–Crippen LogP) is 3.73. The first-order chi connectivity index (χ1) is 8.80. The lowest BCUT2D eigenvalue weighted by molar-refractivity contribution is -0.137. The molecule has 2 N–H and O–H groups in total. The zero-order valence-corrected chi connectivity index (χ0v) is 10.6. The van der Waals surface area contributed by atoms with Crippen molar-refractivity contribution in [2.24, 2.45) is 0 Å². The van der Waals surface area contributed by atoms with Crippen molar-refractivity contribution in [3.8, 4) is 11.3 Å². The van der Waals surface area contributed by atoms with Crippen molar-refractivity contribution in [1.82, 2.24) is 9.78 Å². The first-order valence-corrected chi connectivity index (χ1v) is 5.82. The van der Waals surface area contributed by atoms with Crippen molar-refractivity contribution < 1.29 is 13.2 Å². The number of halogens is 3. The van der Waals surface area contributed by atoms with Crippen molar-refractivity contribution in [3.05, 3.63) is 36.0 Å². The number of hydrogen-bond donors (Lipinski definition) is 1. The molecule has 0 saturated heterocycles. The van der Waals surface area contributed by atoms with E-state index in [2.05, 4.69) is 5.10 Å². The SMILES string of the molecule is CC(C)n1cc(N)c(-c2ccccc2C(F)(F)F)n1. The van der Waals surface area contributed by atoms with Gasteiger partial charge < -0.3 is 5.73 Å². The topological polar surface area (TPSA) is 43.8 Å². The van der Waals surface area contributed by atoms with Crippen molar-refractivity contribution in [1.29, 1.82) is 0 Å². The maximum atomic E-state index is 13.0. The first kappa shape index (κ1) is 13.5. The number of nitrogen functional groups attached to an aromatic ring is 1. The molecule has 2 rings (SSSR count). The number of aromatic nitrogens is 2. The second-order valence-corrected chi connectivity index (χ2v) is 4.55. The molecule has 0 saturated carbocycles. The van der Waals surface area contributed by atoms with Crippen LogP contribution in [0.15, 0.2) is 30.5 Å². The number of rotatable bonds is 2. The van der Waals surface area contributed by atoms with Crippen LogP contribution in [0.1, 0.15) is 25.5 Å². The molecule has 0 radical (unpaired) electrons. The predicted molar refractivity (Wildman–Crippen MR) is 67.5 cm³/mol. The Morgan fingerprint density at radius 1 is 1.21 bits per heavy atom. The second-order valence-electron chi connectivity index (χ2n) is 4.55. The Morgan fingerprint density at radius 3 is 2.37 bits per heavy atom. The third-order valence-corrected chi connectivity index (χ3v) is 2.78. The third-order valence-electron chi connectivity index (χ3n) is 2.78. The zero-order valence-electron chi connectivity index (χ0n) is 10.6. The minimum Gasteiger partial charge on any atom is -0.396 e. The molecular weight excluding hydrogens is 255 g/mol. The fourth-order valence-corrected chi connectivity index (χ4v) is 1.82. The number of anilines is 1. The van der Waals surface area contributed by atoms with Gasteiger partial charge in [0.05, 0.1) is 11.3 Å². The standard InChI is InChI=1S/C13H14F3N3/c1-8(2)19-7-11(17)12(18-19)9-5-3-4-6-10(9)13(14,15)16/h3-8H,17H2,1-2H3. The summed E-state index contributed by atoms with van der Waals surface area (Å²) >= 11 is 0. The van der Waals surface area contributed by atoms with Crippen LogP contribution in [0.5, 0.6) is 0 Å². The maximum absolute atomic E-state index is 13.0. The number of nitrogens with two attached hydrogens (primary N) is 1. The lowest BCUT2D eigenvalue weighted by atomic mass is 10.0. The van der Waals surface area contributed by atoms with E-state index >= 15 is 0 Å². The molecule has 1 aromatic carbocycles. The third kappa shape index (κ3) is 2.57. The van der Waals surface area contributed by atoms with E-state index in [4.69, 9.17) is 5.73 Å². The van der Waals surface area contributed by atoms with E-state index < -0.39 is 11.7 Å². The highest BCUT2D eigenvalue weighted by molar-refractivity contribution is 5.75. The molecule has 0 spiro atoms. The van der Waals surface area contributed by atoms with E-state index in [1.165, 1.54) is 12.1 Å². The number of nitrogens with zero attached hydrogens (tertiary/aromatic N) is 2. The summed E-state index contributed by atoms with van der Waals surface area (Å²) in [6, 6.07) is 5.34. The fraction of sp³-hybridized carbons (Fsp3) is 0.308. The van der Waals surface area contributed by atoms with Gasteiger partial charge in [-0.05, 0) is 19.9 Å². The van der Waals surface area contributed by atoms with E-state index in [1.54, 1.807) is 16.9 Å². The lowest BCUT2D eigenvalue weighted by Crippen LogP contribution is -2.08. The highest BCUT2D eigenvalue weighted by Gasteiger charge is 2.34. The molecular formula is C13H14F3N3. The molecule has 0 aliphatic rings. The molecule has 0 aliphatic carbocycles. The lowest BCUT2D eigenvalue weighted by Gasteiger charge is -2.11. The van der Waals surface area contributed by atoms with E-state index in [0.29, 0.717) is 0 Å². The first-order valence-electron chi connectivity index (χ1n) is 5.82. The normalized spacial score (nSPS) is 12.1. The van der Waals surface area contributed by atoms with Crippen LogP contribution >= 0.6 is 0 Å². The van der Waals surface area contributed by atoms with E-state index in [-0.39, 0.29) is 23.0 Å². The van der Waals surface area contributed by atoms with Crippen LogP contribution in [0.25, 0.3) is 11.3 Å². The minimum atomic E-state index is -4.43. The molecule has 1 heterocycles. The molecule has 6 heteroatoms. The smallest absolute Gasteiger partial charge is 0.396 e. The Bertz CT molecular complexity index is 585. The quantitative estimate of drug-likeness (QED) is 0.902. The number of alkyl halides is 3. The van der Waals surface area contributed by atoms with Crippen LogP contribution in [-0.2, 0) is 6.18 Å². The Balaban J connectivity index is 2.60. The Morgan fingerprint density at radius 2 is 1.84 bits per heavy atom. The van der Waals surface area contributed by atoms with Gasteiger partial charge in [0.2, 0.25) is 0 Å². The zero-order chi connectivity index (χ0) is 14.2. The number of hydrogen-bond acceptors (Lipinski definition) is 2. The van der Waals surface area contributed by atoms with E-state index in [1.807, 2.05) is 13.8 Å². The van der Waals surface area contributed by atoms with E-state index in [9.17, 15) is 13.2 Å². The van der Waals surface area contributed by atoms with Crippen molar-refractivity contribution in [2.45, 2.75) is 26.1 Å². The molecule has 0 atom stereocenters. The van der Waals surface area contributed by atoms with Crippen molar-refractivity contribution in [3.63, 3.8) is 0 Å². The Kier molecular flexibility index (Phi) is 3.26. The van der Waals surface area contributed by atoms with Crippen molar-refractivity contribution in [2.75, 3.05) is 5.73 Å². The van der Waals surface area contributed by atoms with Gasteiger partial charge in [-0.2, -0.15) is 18.3 Å². The molecule has 102 valence electrons. The van der Waals surface area contributed by atoms with Crippen LogP contribution in [0, 0.1) is 0 Å². The summed E-state index contributed by atoms with van der Waals surface area (Å²) in [5.41, 5.74) is 5.46. The summed E-state index contributed by atoms with van der Waals surface area (Å²) in [6.45, 7) is 3.76. The van der Waals surface area contributed by atoms with Gasteiger partial charge in [0.25, 0.3) is 0 Å². The summed E-state index contributed by atoms with van der Waals surface area (Å²) in [5.74, 6) is 0. The van der Waals surface area contributed by atoms with Gasteiger partial charge in [-0.15, -0.1) is 0 Å². The Labute approximate surface area is 108 Å². The van der Waals surface area contributed by atoms with Crippen LogP contribution in [0.3, 0.4) is 0 Å². The largest absolute Gasteiger partial charge is 0.417 e. The number of benzene rings is 1.